The van der Waals surface area contributed by atoms with Crippen molar-refractivity contribution in [1.29, 1.82) is 0 Å². The van der Waals surface area contributed by atoms with Crippen LogP contribution in [0.25, 0.3) is 0 Å². The van der Waals surface area contributed by atoms with E-state index >= 15 is 0 Å². The number of ether oxygens (including phenoxy) is 4. The molecule has 8 nitrogen and oxygen atoms in total. The highest BCUT2D eigenvalue weighted by atomic mass is 32.1. The molecule has 3 aromatic rings. The number of methoxy groups -OCH3 is 3. The number of thiophene rings is 1. The third kappa shape index (κ3) is 9.30. The molecule has 0 N–H and O–H groups in total. The van der Waals surface area contributed by atoms with Crippen LogP contribution in [0.3, 0.4) is 0 Å². The third-order valence-electron chi connectivity index (χ3n) is 6.33. The Morgan fingerprint density at radius 3 is 2.31 bits per heavy atom. The molecule has 0 saturated heterocycles. The number of carbonyl (C=O) groups is 2. The lowest BCUT2D eigenvalue weighted by Gasteiger charge is -2.28. The van der Waals surface area contributed by atoms with E-state index in [1.165, 1.54) is 0 Å². The van der Waals surface area contributed by atoms with Gasteiger partial charge in [0.25, 0.3) is 5.91 Å². The zero-order chi connectivity index (χ0) is 28.0. The van der Waals surface area contributed by atoms with E-state index < -0.39 is 0 Å². The highest BCUT2D eigenvalue weighted by Gasteiger charge is 2.23. The number of hydrogen-bond acceptors (Lipinski definition) is 7. The molecule has 3 rings (SSSR count). The minimum Gasteiger partial charge on any atom is -0.493 e. The summed E-state index contributed by atoms with van der Waals surface area (Å²) >= 11 is 1.63. The van der Waals surface area contributed by atoms with E-state index in [0.717, 1.165) is 16.0 Å². The summed E-state index contributed by atoms with van der Waals surface area (Å²) in [7, 11) is 4.83. The summed E-state index contributed by atoms with van der Waals surface area (Å²) in [4.78, 5) is 31.3. The molecule has 0 radical (unpaired) electrons. The van der Waals surface area contributed by atoms with Crippen LogP contribution < -0.4 is 14.2 Å². The van der Waals surface area contributed by atoms with Crippen LogP contribution in [0, 0.1) is 6.92 Å². The summed E-state index contributed by atoms with van der Waals surface area (Å²) in [5, 5.41) is 2.03. The Kier molecular flexibility index (Phi) is 12.1. The van der Waals surface area contributed by atoms with Crippen LogP contribution in [-0.2, 0) is 27.3 Å². The fourth-order valence-electron chi connectivity index (χ4n) is 4.04. The summed E-state index contributed by atoms with van der Waals surface area (Å²) in [6.45, 7) is 3.75. The third-order valence-corrected chi connectivity index (χ3v) is 7.34. The predicted octanol–water partition coefficient (Wildman–Crippen LogP) is 4.59. The van der Waals surface area contributed by atoms with E-state index in [1.807, 2.05) is 53.6 Å². The van der Waals surface area contributed by atoms with E-state index in [-0.39, 0.29) is 25.0 Å². The van der Waals surface area contributed by atoms with Crippen LogP contribution in [0.5, 0.6) is 17.2 Å². The van der Waals surface area contributed by atoms with Crippen molar-refractivity contribution in [1.82, 2.24) is 9.80 Å². The quantitative estimate of drug-likeness (QED) is 0.241. The van der Waals surface area contributed by atoms with Crippen molar-refractivity contribution >= 4 is 23.2 Å². The predicted molar refractivity (Wildman–Crippen MR) is 153 cm³/mol. The lowest BCUT2D eigenvalue weighted by molar-refractivity contribution is -0.142. The van der Waals surface area contributed by atoms with Crippen LogP contribution in [0.4, 0.5) is 0 Å². The first kappa shape index (κ1) is 30.0. The molecule has 1 heterocycles. The lowest BCUT2D eigenvalue weighted by Crippen LogP contribution is -2.45. The maximum atomic E-state index is 13.7. The molecule has 0 fully saturated rings. The number of benzene rings is 2. The van der Waals surface area contributed by atoms with Gasteiger partial charge in [0, 0.05) is 31.7 Å². The second-order valence-corrected chi connectivity index (χ2v) is 10.0. The number of amides is 2. The van der Waals surface area contributed by atoms with Gasteiger partial charge in [-0.3, -0.25) is 9.59 Å². The van der Waals surface area contributed by atoms with Gasteiger partial charge in [-0.05, 0) is 66.6 Å². The summed E-state index contributed by atoms with van der Waals surface area (Å²) in [6, 6.07) is 17.0. The monoisotopic (exact) mass is 554 g/mol. The average molecular weight is 555 g/mol. The Labute approximate surface area is 235 Å². The second kappa shape index (κ2) is 15.8. The minimum absolute atomic E-state index is 0.0307. The summed E-state index contributed by atoms with van der Waals surface area (Å²) < 4.78 is 21.6. The molecule has 2 aromatic carbocycles. The molecular weight excluding hydrogens is 516 g/mol. The van der Waals surface area contributed by atoms with Crippen LogP contribution in [0.15, 0.2) is 60.0 Å². The molecule has 1 aromatic heterocycles. The highest BCUT2D eigenvalue weighted by Crippen LogP contribution is 2.28. The lowest BCUT2D eigenvalue weighted by atomic mass is 10.1. The van der Waals surface area contributed by atoms with E-state index in [4.69, 9.17) is 18.9 Å². The molecule has 0 aliphatic rings. The molecule has 9 heteroatoms. The van der Waals surface area contributed by atoms with Crippen LogP contribution in [0.2, 0.25) is 0 Å². The van der Waals surface area contributed by atoms with Crippen LogP contribution >= 0.6 is 11.3 Å². The van der Waals surface area contributed by atoms with Crippen molar-refractivity contribution in [3.63, 3.8) is 0 Å². The van der Waals surface area contributed by atoms with E-state index in [2.05, 4.69) is 6.07 Å². The molecule has 39 heavy (non-hydrogen) atoms. The Morgan fingerprint density at radius 2 is 1.64 bits per heavy atom. The van der Waals surface area contributed by atoms with Crippen LogP contribution in [0.1, 0.15) is 22.4 Å². The summed E-state index contributed by atoms with van der Waals surface area (Å²) in [5.74, 6) is 1.56. The summed E-state index contributed by atoms with van der Waals surface area (Å²) in [6.07, 6.45) is 1.25. The Morgan fingerprint density at radius 1 is 0.872 bits per heavy atom. The normalized spacial score (nSPS) is 10.7. The molecular formula is C30H38N2O6S. The van der Waals surface area contributed by atoms with Crippen molar-refractivity contribution in [3.8, 4) is 17.2 Å². The first-order valence-electron chi connectivity index (χ1n) is 12.9. The van der Waals surface area contributed by atoms with Gasteiger partial charge in [-0.25, -0.2) is 0 Å². The maximum Gasteiger partial charge on any atom is 0.260 e. The number of carbonyl (C=O) groups excluding carboxylic acids is 2. The van der Waals surface area contributed by atoms with Gasteiger partial charge in [0.05, 0.1) is 27.3 Å². The maximum absolute atomic E-state index is 13.7. The molecule has 0 spiro atoms. The van der Waals surface area contributed by atoms with Crippen molar-refractivity contribution in [2.24, 2.45) is 0 Å². The number of rotatable bonds is 16. The van der Waals surface area contributed by atoms with Crippen molar-refractivity contribution in [2.75, 3.05) is 54.2 Å². The molecule has 0 unspecified atom stereocenters. The van der Waals surface area contributed by atoms with Gasteiger partial charge in [-0.15, -0.1) is 11.3 Å². The SMILES string of the molecule is COCCCN(CC(=O)N(CCc1ccc(OC)c(OC)c1)Cc1sccc1C)C(=O)COc1ccccc1. The molecule has 2 amide bonds. The molecule has 0 aliphatic heterocycles. The zero-order valence-corrected chi connectivity index (χ0v) is 24.0. The molecule has 0 saturated carbocycles. The molecule has 0 atom stereocenters. The fourth-order valence-corrected chi connectivity index (χ4v) is 4.96. The second-order valence-electron chi connectivity index (χ2n) is 9.04. The van der Waals surface area contributed by atoms with Crippen molar-refractivity contribution < 1.29 is 28.5 Å². The number of para-hydroxylation sites is 1. The van der Waals surface area contributed by atoms with E-state index in [9.17, 15) is 9.59 Å². The number of aryl methyl sites for hydroxylation is 1. The minimum atomic E-state index is -0.240. The van der Waals surface area contributed by atoms with Gasteiger partial charge in [0.1, 0.15) is 5.75 Å². The topological polar surface area (TPSA) is 77.5 Å². The van der Waals surface area contributed by atoms with Gasteiger partial charge < -0.3 is 28.7 Å². The number of nitrogens with zero attached hydrogens (tertiary/aromatic N) is 2. The fraction of sp³-hybridized carbons (Fsp3) is 0.400. The molecule has 210 valence electrons. The molecule has 0 aliphatic carbocycles. The van der Waals surface area contributed by atoms with Gasteiger partial charge in [0.2, 0.25) is 5.91 Å². The highest BCUT2D eigenvalue weighted by molar-refractivity contribution is 7.10. The first-order valence-corrected chi connectivity index (χ1v) is 13.8. The Hall–Kier alpha value is -3.56. The van der Waals surface area contributed by atoms with Crippen molar-refractivity contribution in [3.05, 3.63) is 76.0 Å². The van der Waals surface area contributed by atoms with Gasteiger partial charge >= 0.3 is 0 Å². The molecule has 0 bridgehead atoms. The average Bonchev–Trinajstić information content (AvgIpc) is 3.37. The number of hydrogen-bond donors (Lipinski definition) is 0. The van der Waals surface area contributed by atoms with Crippen molar-refractivity contribution in [2.45, 2.75) is 26.3 Å². The van der Waals surface area contributed by atoms with Gasteiger partial charge in [0.15, 0.2) is 18.1 Å². The van der Waals surface area contributed by atoms with E-state index in [1.54, 1.807) is 49.7 Å². The van der Waals surface area contributed by atoms with E-state index in [0.29, 0.717) is 56.3 Å². The van der Waals surface area contributed by atoms with Crippen LogP contribution in [-0.4, -0.2) is 75.8 Å². The first-order chi connectivity index (χ1) is 18.9. The smallest absolute Gasteiger partial charge is 0.260 e. The zero-order valence-electron chi connectivity index (χ0n) is 23.2. The standard InChI is InChI=1S/C30H38N2O6S/c1-23-14-18-39-28(23)20-32(16-13-24-11-12-26(36-3)27(19-24)37-4)29(33)21-31(15-8-17-35-2)30(34)22-38-25-9-6-5-7-10-25/h5-7,9-12,14,18-19H,8,13,15-17,20-22H2,1-4H3. The van der Waals surface area contributed by atoms with Gasteiger partial charge in [-0.2, -0.15) is 0 Å². The Balaban J connectivity index is 1.73. The van der Waals surface area contributed by atoms with Gasteiger partial charge in [-0.1, -0.05) is 24.3 Å². The Bertz CT molecular complexity index is 1180. The largest absolute Gasteiger partial charge is 0.493 e. The summed E-state index contributed by atoms with van der Waals surface area (Å²) in [5.41, 5.74) is 2.17.